The number of ether oxygens (including phenoxy) is 1. The monoisotopic (exact) mass is 353 g/mol. The summed E-state index contributed by atoms with van der Waals surface area (Å²) in [6.07, 6.45) is 3.64. The second-order valence-corrected chi connectivity index (χ2v) is 8.89. The molecule has 0 bridgehead atoms. The number of carbonyl (C=O) groups is 1. The zero-order valence-corrected chi connectivity index (χ0v) is 15.2. The largest absolute Gasteiger partial charge is 0.444 e. The normalized spacial score (nSPS) is 19.9. The fraction of sp³-hybridized carbons (Fsp3) is 0.933. The number of hydrogen-bond acceptors (Lipinski definition) is 5. The molecule has 0 radical (unpaired) electrons. The Labute approximate surface area is 138 Å². The number of amides is 1. The van der Waals surface area contributed by atoms with Crippen molar-refractivity contribution >= 4 is 16.2 Å². The van der Waals surface area contributed by atoms with E-state index in [4.69, 9.17) is 8.92 Å². The molecule has 0 heterocycles. The van der Waals surface area contributed by atoms with Crippen LogP contribution in [0.1, 0.15) is 59.3 Å². The van der Waals surface area contributed by atoms with Gasteiger partial charge in [-0.15, -0.1) is 0 Å². The van der Waals surface area contributed by atoms with Crippen molar-refractivity contribution in [3.05, 3.63) is 0 Å². The summed E-state index contributed by atoms with van der Waals surface area (Å²) >= 11 is 0. The van der Waals surface area contributed by atoms with Gasteiger partial charge in [-0.05, 0) is 33.6 Å². The van der Waals surface area contributed by atoms with E-state index in [9.17, 15) is 17.6 Å². The highest BCUT2D eigenvalue weighted by atomic mass is 32.2. The third-order valence-corrected chi connectivity index (χ3v) is 4.13. The molecule has 0 spiro atoms. The van der Waals surface area contributed by atoms with Gasteiger partial charge in [-0.25, -0.2) is 9.18 Å². The van der Waals surface area contributed by atoms with Crippen molar-refractivity contribution in [1.82, 2.24) is 5.32 Å². The Kier molecular flexibility index (Phi) is 6.82. The summed E-state index contributed by atoms with van der Waals surface area (Å²) in [4.78, 5) is 11.9. The highest BCUT2D eigenvalue weighted by Gasteiger charge is 2.35. The van der Waals surface area contributed by atoms with E-state index < -0.39 is 33.5 Å². The van der Waals surface area contributed by atoms with Gasteiger partial charge >= 0.3 is 6.09 Å². The van der Waals surface area contributed by atoms with Crippen LogP contribution in [0.25, 0.3) is 0 Å². The molecule has 0 aromatic heterocycles. The molecule has 0 saturated heterocycles. The predicted octanol–water partition coefficient (Wildman–Crippen LogP) is 2.92. The fourth-order valence-corrected chi connectivity index (χ4v) is 3.07. The van der Waals surface area contributed by atoms with Gasteiger partial charge in [-0.2, -0.15) is 8.42 Å². The second-order valence-electron chi connectivity index (χ2n) is 7.25. The van der Waals surface area contributed by atoms with Gasteiger partial charge in [0.05, 0.1) is 18.9 Å². The van der Waals surface area contributed by atoms with Crippen molar-refractivity contribution in [3.8, 4) is 0 Å². The number of rotatable bonds is 6. The Morgan fingerprint density at radius 3 is 2.30 bits per heavy atom. The van der Waals surface area contributed by atoms with Crippen LogP contribution in [0.5, 0.6) is 0 Å². The number of halogens is 1. The average molecular weight is 353 g/mol. The van der Waals surface area contributed by atoms with Crippen LogP contribution in [-0.2, 0) is 19.0 Å². The van der Waals surface area contributed by atoms with Gasteiger partial charge in [0.2, 0.25) is 0 Å². The zero-order chi connectivity index (χ0) is 17.7. The molecule has 6 nitrogen and oxygen atoms in total. The lowest BCUT2D eigenvalue weighted by molar-refractivity contribution is 0.0398. The molecule has 8 heteroatoms. The highest BCUT2D eigenvalue weighted by Crippen LogP contribution is 2.35. The third-order valence-electron chi connectivity index (χ3n) is 3.57. The molecule has 1 aliphatic carbocycles. The Hall–Kier alpha value is -0.890. The van der Waals surface area contributed by atoms with E-state index in [0.29, 0.717) is 12.8 Å². The molecule has 1 aliphatic rings. The Morgan fingerprint density at radius 1 is 1.26 bits per heavy atom. The van der Waals surface area contributed by atoms with E-state index >= 15 is 0 Å². The van der Waals surface area contributed by atoms with Gasteiger partial charge in [-0.3, -0.25) is 4.18 Å². The Balaban J connectivity index is 2.69. The van der Waals surface area contributed by atoms with E-state index in [0.717, 1.165) is 25.5 Å². The van der Waals surface area contributed by atoms with Crippen molar-refractivity contribution in [2.45, 2.75) is 76.6 Å². The SMILES string of the molecule is CC(C)(C)OC(=O)N[C@@H](COS(C)(=O)=O)CC1(F)CCCCC1. The summed E-state index contributed by atoms with van der Waals surface area (Å²) in [6, 6.07) is -0.761. The maximum atomic E-state index is 14.8. The van der Waals surface area contributed by atoms with E-state index in [2.05, 4.69) is 5.32 Å². The van der Waals surface area contributed by atoms with Crippen LogP contribution in [0.2, 0.25) is 0 Å². The number of nitrogens with one attached hydrogen (secondary N) is 1. The topological polar surface area (TPSA) is 81.7 Å². The maximum Gasteiger partial charge on any atom is 0.407 e. The lowest BCUT2D eigenvalue weighted by atomic mass is 9.82. The molecular weight excluding hydrogens is 325 g/mol. The van der Waals surface area contributed by atoms with Crippen molar-refractivity contribution < 1.29 is 26.5 Å². The summed E-state index contributed by atoms with van der Waals surface area (Å²) in [5, 5.41) is 2.53. The van der Waals surface area contributed by atoms with Crippen LogP contribution in [-0.4, -0.2) is 44.7 Å². The molecule has 23 heavy (non-hydrogen) atoms. The summed E-state index contributed by atoms with van der Waals surface area (Å²) in [5.41, 5.74) is -2.09. The quantitative estimate of drug-likeness (QED) is 0.743. The standard InChI is InChI=1S/C15H28FNO5S/c1-14(2,3)22-13(18)17-12(11-21-23(4,19)20)10-15(16)8-6-5-7-9-15/h12H,5-11H2,1-4H3,(H,17,18)/t12-/m1/s1. The molecule has 1 rings (SSSR count). The van der Waals surface area contributed by atoms with E-state index in [1.807, 2.05) is 0 Å². The van der Waals surface area contributed by atoms with Crippen molar-refractivity contribution in [2.24, 2.45) is 0 Å². The van der Waals surface area contributed by atoms with Crippen LogP contribution >= 0.6 is 0 Å². The molecule has 136 valence electrons. The zero-order valence-electron chi connectivity index (χ0n) is 14.4. The van der Waals surface area contributed by atoms with Crippen LogP contribution in [0.4, 0.5) is 9.18 Å². The van der Waals surface area contributed by atoms with Gasteiger partial charge in [0.1, 0.15) is 11.3 Å². The lowest BCUT2D eigenvalue weighted by Crippen LogP contribution is -2.46. The average Bonchev–Trinajstić information content (AvgIpc) is 2.33. The summed E-state index contributed by atoms with van der Waals surface area (Å²) in [7, 11) is -3.67. The van der Waals surface area contributed by atoms with E-state index in [-0.39, 0.29) is 13.0 Å². The summed E-state index contributed by atoms with van der Waals surface area (Å²) in [5.74, 6) is 0. The molecule has 0 aromatic carbocycles. The third kappa shape index (κ3) is 9.10. The smallest absolute Gasteiger partial charge is 0.407 e. The second kappa shape index (κ2) is 7.79. The molecule has 0 aromatic rings. The molecule has 1 atom stereocenters. The number of hydrogen-bond donors (Lipinski definition) is 1. The van der Waals surface area contributed by atoms with Crippen molar-refractivity contribution in [1.29, 1.82) is 0 Å². The molecule has 1 fully saturated rings. The van der Waals surface area contributed by atoms with E-state index in [1.165, 1.54) is 0 Å². The lowest BCUT2D eigenvalue weighted by Gasteiger charge is -2.33. The minimum absolute atomic E-state index is 0.0156. The van der Waals surface area contributed by atoms with Gasteiger partial charge in [0.15, 0.2) is 0 Å². The summed E-state index contributed by atoms with van der Waals surface area (Å²) < 4.78 is 47.0. The van der Waals surface area contributed by atoms with Gasteiger partial charge < -0.3 is 10.1 Å². The minimum atomic E-state index is -3.67. The highest BCUT2D eigenvalue weighted by molar-refractivity contribution is 7.85. The first-order valence-electron chi connectivity index (χ1n) is 7.91. The number of alkyl halides is 1. The van der Waals surface area contributed by atoms with Crippen LogP contribution in [0.15, 0.2) is 0 Å². The Morgan fingerprint density at radius 2 is 1.83 bits per heavy atom. The fourth-order valence-electron chi connectivity index (χ4n) is 2.66. The van der Waals surface area contributed by atoms with Crippen LogP contribution in [0.3, 0.4) is 0 Å². The van der Waals surface area contributed by atoms with Gasteiger partial charge in [-0.1, -0.05) is 19.3 Å². The first kappa shape index (κ1) is 20.2. The summed E-state index contributed by atoms with van der Waals surface area (Å²) in [6.45, 7) is 4.84. The van der Waals surface area contributed by atoms with Crippen LogP contribution in [0, 0.1) is 0 Å². The minimum Gasteiger partial charge on any atom is -0.444 e. The number of carbonyl (C=O) groups excluding carboxylic acids is 1. The van der Waals surface area contributed by atoms with E-state index in [1.54, 1.807) is 20.8 Å². The molecule has 1 N–H and O–H groups in total. The van der Waals surface area contributed by atoms with Gasteiger partial charge in [0, 0.05) is 6.42 Å². The van der Waals surface area contributed by atoms with Crippen LogP contribution < -0.4 is 5.32 Å². The first-order valence-corrected chi connectivity index (χ1v) is 9.73. The van der Waals surface area contributed by atoms with Crippen molar-refractivity contribution in [3.63, 3.8) is 0 Å². The Bertz CT molecular complexity index is 494. The first-order chi connectivity index (χ1) is 10.4. The predicted molar refractivity (Wildman–Crippen MR) is 85.5 cm³/mol. The molecule has 0 aliphatic heterocycles. The molecular formula is C15H28FNO5S. The molecule has 1 amide bonds. The maximum absolute atomic E-state index is 14.8. The number of alkyl carbamates (subject to hydrolysis) is 1. The van der Waals surface area contributed by atoms with Gasteiger partial charge in [0.25, 0.3) is 10.1 Å². The molecule has 1 saturated carbocycles. The molecule has 0 unspecified atom stereocenters. The van der Waals surface area contributed by atoms with Crippen molar-refractivity contribution in [2.75, 3.05) is 12.9 Å².